The molecule has 0 saturated carbocycles. The van der Waals surface area contributed by atoms with Gasteiger partial charge in [0.05, 0.1) is 31.1 Å². The van der Waals surface area contributed by atoms with Crippen molar-refractivity contribution in [1.82, 2.24) is 15.1 Å². The first-order valence-electron chi connectivity index (χ1n) is 9.80. The summed E-state index contributed by atoms with van der Waals surface area (Å²) in [6, 6.07) is 13.2. The van der Waals surface area contributed by atoms with Crippen LogP contribution < -0.4 is 15.6 Å². The summed E-state index contributed by atoms with van der Waals surface area (Å²) in [5.74, 6) is -0.572. The highest BCUT2D eigenvalue weighted by molar-refractivity contribution is 5.95. The molecule has 0 spiro atoms. The lowest BCUT2D eigenvalue weighted by Gasteiger charge is -2.20. The van der Waals surface area contributed by atoms with Crippen LogP contribution >= 0.6 is 0 Å². The SMILES string of the molecule is COc1ccc(-c2cc(C(=O)NC(CO)C(C)C)c(=O)n(-c3cccc(F)c3)n2)cc1. The Morgan fingerprint density at radius 2 is 1.90 bits per heavy atom. The molecule has 7 nitrogen and oxygen atoms in total. The molecule has 1 aromatic heterocycles. The van der Waals surface area contributed by atoms with E-state index in [4.69, 9.17) is 4.74 Å². The number of rotatable bonds is 7. The van der Waals surface area contributed by atoms with Crippen LogP contribution in [0.3, 0.4) is 0 Å². The van der Waals surface area contributed by atoms with Gasteiger partial charge in [0, 0.05) is 5.56 Å². The summed E-state index contributed by atoms with van der Waals surface area (Å²) in [6.45, 7) is 3.43. The molecule has 3 rings (SSSR count). The monoisotopic (exact) mass is 425 g/mol. The molecule has 2 N–H and O–H groups in total. The number of aromatic nitrogens is 2. The highest BCUT2D eigenvalue weighted by Gasteiger charge is 2.21. The van der Waals surface area contributed by atoms with E-state index in [2.05, 4.69) is 10.4 Å². The van der Waals surface area contributed by atoms with E-state index in [1.807, 2.05) is 13.8 Å². The Morgan fingerprint density at radius 1 is 1.19 bits per heavy atom. The molecule has 162 valence electrons. The lowest BCUT2D eigenvalue weighted by Crippen LogP contribution is -2.43. The molecule has 1 amide bonds. The average Bonchev–Trinajstić information content (AvgIpc) is 2.77. The number of benzene rings is 2. The molecule has 0 bridgehead atoms. The number of hydrogen-bond acceptors (Lipinski definition) is 5. The zero-order valence-electron chi connectivity index (χ0n) is 17.5. The second kappa shape index (κ2) is 9.53. The lowest BCUT2D eigenvalue weighted by atomic mass is 10.0. The summed E-state index contributed by atoms with van der Waals surface area (Å²) in [6.07, 6.45) is 0. The first kappa shape index (κ1) is 22.2. The number of carbonyl (C=O) groups is 1. The number of aliphatic hydroxyl groups is 1. The Kier molecular flexibility index (Phi) is 6.81. The molecule has 2 aromatic carbocycles. The van der Waals surface area contributed by atoms with E-state index < -0.39 is 23.3 Å². The summed E-state index contributed by atoms with van der Waals surface area (Å²) >= 11 is 0. The van der Waals surface area contributed by atoms with Crippen molar-refractivity contribution in [2.75, 3.05) is 13.7 Å². The van der Waals surface area contributed by atoms with Crippen molar-refractivity contribution in [2.45, 2.75) is 19.9 Å². The third-order valence-corrected chi connectivity index (χ3v) is 4.91. The molecule has 0 aliphatic rings. The minimum atomic E-state index is -0.694. The fourth-order valence-corrected chi connectivity index (χ4v) is 3.01. The van der Waals surface area contributed by atoms with Crippen molar-refractivity contribution < 1.29 is 19.0 Å². The number of amides is 1. The second-order valence-corrected chi connectivity index (χ2v) is 7.38. The smallest absolute Gasteiger partial charge is 0.284 e. The van der Waals surface area contributed by atoms with E-state index in [0.29, 0.717) is 17.0 Å². The normalized spacial score (nSPS) is 11.9. The molecule has 0 radical (unpaired) electrons. The van der Waals surface area contributed by atoms with Gasteiger partial charge in [0.2, 0.25) is 0 Å². The Balaban J connectivity index is 2.15. The topological polar surface area (TPSA) is 93.5 Å². The fourth-order valence-electron chi connectivity index (χ4n) is 3.01. The van der Waals surface area contributed by atoms with Crippen LogP contribution in [0.1, 0.15) is 24.2 Å². The molecule has 1 unspecified atom stereocenters. The summed E-state index contributed by atoms with van der Waals surface area (Å²) in [4.78, 5) is 26.0. The van der Waals surface area contributed by atoms with Crippen molar-refractivity contribution in [3.8, 4) is 22.7 Å². The molecule has 0 aliphatic carbocycles. The minimum Gasteiger partial charge on any atom is -0.497 e. The van der Waals surface area contributed by atoms with E-state index in [-0.39, 0.29) is 23.8 Å². The first-order valence-corrected chi connectivity index (χ1v) is 9.80. The van der Waals surface area contributed by atoms with Crippen LogP contribution in [0.2, 0.25) is 0 Å². The van der Waals surface area contributed by atoms with Crippen LogP contribution in [0.5, 0.6) is 5.75 Å². The summed E-state index contributed by atoms with van der Waals surface area (Å²) in [5, 5.41) is 16.6. The number of nitrogens with zero attached hydrogens (tertiary/aromatic N) is 2. The Hall–Kier alpha value is -3.52. The van der Waals surface area contributed by atoms with Crippen molar-refractivity contribution in [3.05, 3.63) is 76.3 Å². The highest BCUT2D eigenvalue weighted by Crippen LogP contribution is 2.21. The van der Waals surface area contributed by atoms with Crippen molar-refractivity contribution in [3.63, 3.8) is 0 Å². The Morgan fingerprint density at radius 3 is 2.48 bits per heavy atom. The minimum absolute atomic E-state index is 0.0395. The molecule has 0 saturated heterocycles. The molecule has 1 atom stereocenters. The molecular formula is C23H24FN3O4. The zero-order chi connectivity index (χ0) is 22.5. The summed E-state index contributed by atoms with van der Waals surface area (Å²) < 4.78 is 20.0. The van der Waals surface area contributed by atoms with Gasteiger partial charge in [-0.05, 0) is 54.4 Å². The van der Waals surface area contributed by atoms with Crippen LogP contribution in [-0.4, -0.2) is 40.6 Å². The van der Waals surface area contributed by atoms with E-state index in [1.165, 1.54) is 30.3 Å². The summed E-state index contributed by atoms with van der Waals surface area (Å²) in [7, 11) is 1.55. The van der Waals surface area contributed by atoms with E-state index >= 15 is 0 Å². The van der Waals surface area contributed by atoms with Crippen molar-refractivity contribution in [2.24, 2.45) is 5.92 Å². The molecule has 8 heteroatoms. The largest absolute Gasteiger partial charge is 0.497 e. The number of hydrogen-bond donors (Lipinski definition) is 2. The number of nitrogens with one attached hydrogen (secondary N) is 1. The quantitative estimate of drug-likeness (QED) is 0.607. The number of methoxy groups -OCH3 is 1. The first-order chi connectivity index (χ1) is 14.8. The predicted octanol–water partition coefficient (Wildman–Crippen LogP) is 2.79. The Bertz CT molecular complexity index is 1130. The van der Waals surface area contributed by atoms with Gasteiger partial charge in [0.25, 0.3) is 11.5 Å². The highest BCUT2D eigenvalue weighted by atomic mass is 19.1. The number of carbonyl (C=O) groups excluding carboxylic acids is 1. The maximum Gasteiger partial charge on any atom is 0.284 e. The van der Waals surface area contributed by atoms with Crippen molar-refractivity contribution in [1.29, 1.82) is 0 Å². The third-order valence-electron chi connectivity index (χ3n) is 4.91. The molecule has 1 heterocycles. The maximum atomic E-state index is 13.8. The van der Waals surface area contributed by atoms with Gasteiger partial charge in [-0.1, -0.05) is 19.9 Å². The average molecular weight is 425 g/mol. The van der Waals surface area contributed by atoms with Gasteiger partial charge in [-0.25, -0.2) is 4.39 Å². The fraction of sp³-hybridized carbons (Fsp3) is 0.261. The number of aliphatic hydroxyl groups excluding tert-OH is 1. The second-order valence-electron chi connectivity index (χ2n) is 7.38. The van der Waals surface area contributed by atoms with Crippen LogP contribution in [0.25, 0.3) is 16.9 Å². The molecule has 3 aromatic rings. The Labute approximate surface area is 179 Å². The van der Waals surface area contributed by atoms with Crippen LogP contribution in [0.15, 0.2) is 59.4 Å². The van der Waals surface area contributed by atoms with Crippen LogP contribution in [0.4, 0.5) is 4.39 Å². The molecular weight excluding hydrogens is 401 g/mol. The standard InChI is InChI=1S/C23H24FN3O4/c1-14(2)21(13-28)25-22(29)19-12-20(15-7-9-18(31-3)10-8-15)26-27(23(19)30)17-6-4-5-16(24)11-17/h4-12,14,21,28H,13H2,1-3H3,(H,25,29). The van der Waals surface area contributed by atoms with Gasteiger partial charge in [-0.2, -0.15) is 9.78 Å². The van der Waals surface area contributed by atoms with Gasteiger partial charge < -0.3 is 15.2 Å². The molecule has 31 heavy (non-hydrogen) atoms. The lowest BCUT2D eigenvalue weighted by molar-refractivity contribution is 0.0894. The van der Waals surface area contributed by atoms with Crippen LogP contribution in [-0.2, 0) is 0 Å². The van der Waals surface area contributed by atoms with E-state index in [0.717, 1.165) is 4.68 Å². The number of halogens is 1. The van der Waals surface area contributed by atoms with Gasteiger partial charge in [-0.15, -0.1) is 0 Å². The molecule has 0 fully saturated rings. The summed E-state index contributed by atoms with van der Waals surface area (Å²) in [5.41, 5.74) is 0.325. The van der Waals surface area contributed by atoms with Crippen LogP contribution in [0, 0.1) is 11.7 Å². The van der Waals surface area contributed by atoms with Gasteiger partial charge in [-0.3, -0.25) is 9.59 Å². The van der Waals surface area contributed by atoms with E-state index in [9.17, 15) is 19.1 Å². The number of ether oxygens (including phenoxy) is 1. The zero-order valence-corrected chi connectivity index (χ0v) is 17.5. The van der Waals surface area contributed by atoms with Crippen molar-refractivity contribution >= 4 is 5.91 Å². The molecule has 0 aliphatic heterocycles. The van der Waals surface area contributed by atoms with E-state index in [1.54, 1.807) is 31.4 Å². The predicted molar refractivity (Wildman–Crippen MR) is 115 cm³/mol. The van der Waals surface area contributed by atoms with Gasteiger partial charge in [0.15, 0.2) is 0 Å². The third kappa shape index (κ3) is 4.97. The maximum absolute atomic E-state index is 13.8. The van der Waals surface area contributed by atoms with Gasteiger partial charge >= 0.3 is 0 Å². The van der Waals surface area contributed by atoms with Gasteiger partial charge in [0.1, 0.15) is 17.1 Å².